The molecule has 6 rings (SSSR count). The zero-order chi connectivity index (χ0) is 20.9. The molecule has 1 aromatic rings. The largest absolute Gasteiger partial charge is 0.497 e. The van der Waals surface area contributed by atoms with Crippen molar-refractivity contribution in [1.29, 1.82) is 0 Å². The molecule has 164 valence electrons. The minimum absolute atomic E-state index is 0.0259. The number of nitrogens with one attached hydrogen (secondary N) is 1. The molecule has 4 aliphatic carbocycles. The summed E-state index contributed by atoms with van der Waals surface area (Å²) in [4.78, 5) is 13.4. The number of amides is 1. The topological polar surface area (TPSA) is 75.7 Å². The van der Waals surface area contributed by atoms with Gasteiger partial charge in [0.1, 0.15) is 5.75 Å². The zero-order valence-corrected chi connectivity index (χ0v) is 18.5. The molecular weight excluding hydrogens is 400 g/mol. The van der Waals surface area contributed by atoms with E-state index in [2.05, 4.69) is 5.32 Å². The molecule has 0 unspecified atom stereocenters. The van der Waals surface area contributed by atoms with Crippen molar-refractivity contribution in [3.63, 3.8) is 0 Å². The number of nitrogens with zero attached hydrogens (tertiary/aromatic N) is 1. The number of hydrogen-bond acceptors (Lipinski definition) is 4. The minimum atomic E-state index is -3.53. The molecule has 4 bridgehead atoms. The summed E-state index contributed by atoms with van der Waals surface area (Å²) in [5.41, 5.74) is 0.0259. The third-order valence-corrected chi connectivity index (χ3v) is 9.86. The first-order valence-electron chi connectivity index (χ1n) is 11.3. The van der Waals surface area contributed by atoms with Gasteiger partial charge in [-0.05, 0) is 93.4 Å². The van der Waals surface area contributed by atoms with Crippen LogP contribution in [0.4, 0.5) is 0 Å². The molecule has 6 nitrogen and oxygen atoms in total. The molecule has 0 spiro atoms. The van der Waals surface area contributed by atoms with Crippen molar-refractivity contribution in [1.82, 2.24) is 9.62 Å². The van der Waals surface area contributed by atoms with Crippen LogP contribution in [0.25, 0.3) is 0 Å². The van der Waals surface area contributed by atoms with Gasteiger partial charge >= 0.3 is 0 Å². The summed E-state index contributed by atoms with van der Waals surface area (Å²) in [7, 11) is -1.98. The fourth-order valence-electron chi connectivity index (χ4n) is 6.88. The Kier molecular flexibility index (Phi) is 5.09. The van der Waals surface area contributed by atoms with Crippen LogP contribution in [-0.4, -0.2) is 44.4 Å². The number of carbonyl (C=O) groups is 1. The standard InChI is InChI=1S/C23H32N2O4S/c1-29-20-2-4-21(5-3-20)30(27,28)25-8-6-19(7-9-25)22(26)24-23-13-16-10-17(14-23)12-18(11-16)15-23/h2-5,16-19H,6-15H2,1H3,(H,24,26). The van der Waals surface area contributed by atoms with Crippen LogP contribution >= 0.6 is 0 Å². The first-order valence-corrected chi connectivity index (χ1v) is 12.8. The molecule has 30 heavy (non-hydrogen) atoms. The van der Waals surface area contributed by atoms with E-state index in [0.29, 0.717) is 31.7 Å². The lowest BCUT2D eigenvalue weighted by Crippen LogP contribution is -2.61. The second-order valence-corrected chi connectivity index (χ2v) is 12.0. The molecule has 1 N–H and O–H groups in total. The first-order chi connectivity index (χ1) is 14.4. The van der Waals surface area contributed by atoms with Gasteiger partial charge < -0.3 is 10.1 Å². The van der Waals surface area contributed by atoms with Gasteiger partial charge in [0.2, 0.25) is 15.9 Å². The number of methoxy groups -OCH3 is 1. The van der Waals surface area contributed by atoms with Crippen molar-refractivity contribution >= 4 is 15.9 Å². The first kappa shape index (κ1) is 20.3. The molecule has 1 amide bonds. The zero-order valence-electron chi connectivity index (χ0n) is 17.7. The molecule has 0 atom stereocenters. The van der Waals surface area contributed by atoms with Crippen LogP contribution in [0.1, 0.15) is 51.4 Å². The Morgan fingerprint density at radius 3 is 2.03 bits per heavy atom. The molecule has 0 aromatic heterocycles. The molecule has 5 aliphatic rings. The van der Waals surface area contributed by atoms with E-state index < -0.39 is 10.0 Å². The second-order valence-electron chi connectivity index (χ2n) is 10.0. The number of ether oxygens (including phenoxy) is 1. The van der Waals surface area contributed by atoms with Gasteiger partial charge in [0, 0.05) is 24.5 Å². The smallest absolute Gasteiger partial charge is 0.243 e. The average molecular weight is 433 g/mol. The number of sulfonamides is 1. The van der Waals surface area contributed by atoms with E-state index >= 15 is 0 Å². The van der Waals surface area contributed by atoms with Gasteiger partial charge in [-0.15, -0.1) is 0 Å². The Morgan fingerprint density at radius 1 is 1.00 bits per heavy atom. The summed E-state index contributed by atoms with van der Waals surface area (Å²) in [6.45, 7) is 0.792. The Balaban J connectivity index is 1.20. The summed E-state index contributed by atoms with van der Waals surface area (Å²) in [5, 5.41) is 3.47. The Labute approximate surface area is 179 Å². The number of piperidine rings is 1. The average Bonchev–Trinajstić information content (AvgIpc) is 2.72. The second kappa shape index (κ2) is 7.52. The Morgan fingerprint density at radius 2 is 1.53 bits per heavy atom. The maximum absolute atomic E-state index is 13.1. The van der Waals surface area contributed by atoms with Crippen molar-refractivity contribution < 1.29 is 17.9 Å². The molecule has 1 aliphatic heterocycles. The van der Waals surface area contributed by atoms with Gasteiger partial charge in [0.25, 0.3) is 0 Å². The summed E-state index contributed by atoms with van der Waals surface area (Å²) < 4.78 is 32.5. The lowest BCUT2D eigenvalue weighted by molar-refractivity contribution is -0.132. The van der Waals surface area contributed by atoms with Crippen LogP contribution in [0.15, 0.2) is 29.2 Å². The van der Waals surface area contributed by atoms with Crippen molar-refractivity contribution in [2.75, 3.05) is 20.2 Å². The predicted octanol–water partition coefficient (Wildman–Crippen LogP) is 3.18. The van der Waals surface area contributed by atoms with Crippen LogP contribution in [-0.2, 0) is 14.8 Å². The lowest BCUT2D eigenvalue weighted by Gasteiger charge is -2.57. The normalized spacial score (nSPS) is 34.1. The van der Waals surface area contributed by atoms with E-state index in [1.807, 2.05) is 0 Å². The maximum atomic E-state index is 13.1. The monoisotopic (exact) mass is 432 g/mol. The highest BCUT2D eigenvalue weighted by Gasteiger charge is 2.52. The summed E-state index contributed by atoms with van der Waals surface area (Å²) >= 11 is 0. The van der Waals surface area contributed by atoms with Crippen LogP contribution in [0.5, 0.6) is 5.75 Å². The van der Waals surface area contributed by atoms with E-state index in [0.717, 1.165) is 37.0 Å². The fourth-order valence-corrected chi connectivity index (χ4v) is 8.35. The predicted molar refractivity (Wildman–Crippen MR) is 114 cm³/mol. The van der Waals surface area contributed by atoms with Gasteiger partial charge in [0.05, 0.1) is 12.0 Å². The van der Waals surface area contributed by atoms with Gasteiger partial charge in [-0.2, -0.15) is 4.31 Å². The molecular formula is C23H32N2O4S. The van der Waals surface area contributed by atoms with E-state index in [1.54, 1.807) is 31.4 Å². The summed E-state index contributed by atoms with van der Waals surface area (Å²) in [5.74, 6) is 3.10. The van der Waals surface area contributed by atoms with Gasteiger partial charge in [-0.25, -0.2) is 8.42 Å². The fraction of sp³-hybridized carbons (Fsp3) is 0.696. The number of rotatable bonds is 5. The Bertz CT molecular complexity index is 868. The quantitative estimate of drug-likeness (QED) is 0.775. The number of carbonyl (C=O) groups excluding carboxylic acids is 1. The maximum Gasteiger partial charge on any atom is 0.243 e. The molecule has 1 saturated heterocycles. The molecule has 1 heterocycles. The molecule has 5 fully saturated rings. The van der Waals surface area contributed by atoms with Crippen molar-refractivity contribution in [3.8, 4) is 5.75 Å². The highest BCUT2D eigenvalue weighted by molar-refractivity contribution is 7.89. The van der Waals surface area contributed by atoms with Crippen LogP contribution in [0.2, 0.25) is 0 Å². The number of benzene rings is 1. The molecule has 0 radical (unpaired) electrons. The SMILES string of the molecule is COc1ccc(S(=O)(=O)N2CCC(C(=O)NC34CC5CC(CC(C5)C3)C4)CC2)cc1. The van der Waals surface area contributed by atoms with E-state index in [9.17, 15) is 13.2 Å². The van der Waals surface area contributed by atoms with Crippen LogP contribution < -0.4 is 10.1 Å². The van der Waals surface area contributed by atoms with Gasteiger partial charge in [-0.3, -0.25) is 4.79 Å². The van der Waals surface area contributed by atoms with Crippen LogP contribution in [0, 0.1) is 23.7 Å². The summed E-state index contributed by atoms with van der Waals surface area (Å²) in [6.07, 6.45) is 8.70. The third kappa shape index (κ3) is 3.64. The van der Waals surface area contributed by atoms with Gasteiger partial charge in [-0.1, -0.05) is 0 Å². The van der Waals surface area contributed by atoms with Crippen LogP contribution in [0.3, 0.4) is 0 Å². The van der Waals surface area contributed by atoms with Crippen molar-refractivity contribution in [3.05, 3.63) is 24.3 Å². The van der Waals surface area contributed by atoms with E-state index in [4.69, 9.17) is 4.74 Å². The highest BCUT2D eigenvalue weighted by Crippen LogP contribution is 2.55. The Hall–Kier alpha value is -1.60. The highest BCUT2D eigenvalue weighted by atomic mass is 32.2. The lowest BCUT2D eigenvalue weighted by atomic mass is 9.53. The third-order valence-electron chi connectivity index (χ3n) is 7.95. The summed E-state index contributed by atoms with van der Waals surface area (Å²) in [6, 6.07) is 6.50. The van der Waals surface area contributed by atoms with E-state index in [-0.39, 0.29) is 22.3 Å². The molecule has 1 aromatic carbocycles. The van der Waals surface area contributed by atoms with Crippen molar-refractivity contribution in [2.24, 2.45) is 23.7 Å². The van der Waals surface area contributed by atoms with Crippen molar-refractivity contribution in [2.45, 2.75) is 61.8 Å². The molecule has 7 heteroatoms. The molecule has 4 saturated carbocycles. The number of hydrogen-bond donors (Lipinski definition) is 1. The van der Waals surface area contributed by atoms with E-state index in [1.165, 1.54) is 23.6 Å². The van der Waals surface area contributed by atoms with Gasteiger partial charge in [0.15, 0.2) is 0 Å². The minimum Gasteiger partial charge on any atom is -0.497 e.